The molecule has 1 unspecified atom stereocenters. The number of hydrogen-bond acceptors (Lipinski definition) is 4. The van der Waals surface area contributed by atoms with Gasteiger partial charge in [-0.3, -0.25) is 4.90 Å². The minimum Gasteiger partial charge on any atom is -0.329 e. The Morgan fingerprint density at radius 3 is 2.84 bits per heavy atom. The third-order valence-electron chi connectivity index (χ3n) is 3.23. The zero-order valence-corrected chi connectivity index (χ0v) is 12.0. The quantitative estimate of drug-likeness (QED) is 0.915. The van der Waals surface area contributed by atoms with E-state index in [-0.39, 0.29) is 11.9 Å². The molecule has 3 nitrogen and oxygen atoms in total. The number of thiazole rings is 1. The molecule has 0 saturated carbocycles. The van der Waals surface area contributed by atoms with Crippen molar-refractivity contribution in [2.75, 3.05) is 13.6 Å². The van der Waals surface area contributed by atoms with Crippen molar-refractivity contribution in [3.05, 3.63) is 51.7 Å². The van der Waals surface area contributed by atoms with Gasteiger partial charge in [0, 0.05) is 24.0 Å². The molecule has 0 aliphatic heterocycles. The number of nitrogens with zero attached hydrogens (tertiary/aromatic N) is 2. The van der Waals surface area contributed by atoms with Crippen LogP contribution in [0.15, 0.2) is 29.8 Å². The molecule has 0 saturated heterocycles. The molecule has 1 aromatic carbocycles. The number of likely N-dealkylation sites (N-methyl/N-ethyl adjacent to an activating group) is 1. The maximum absolute atomic E-state index is 13.3. The molecule has 0 aliphatic rings. The van der Waals surface area contributed by atoms with Gasteiger partial charge in [0.1, 0.15) is 5.82 Å². The number of hydrogen-bond donors (Lipinski definition) is 1. The van der Waals surface area contributed by atoms with Crippen molar-refractivity contribution in [3.8, 4) is 0 Å². The summed E-state index contributed by atoms with van der Waals surface area (Å²) in [6, 6.07) is 6.64. The lowest BCUT2D eigenvalue weighted by molar-refractivity contribution is 0.243. The number of rotatable bonds is 5. The fraction of sp³-hybridized carbons (Fsp3) is 0.357. The van der Waals surface area contributed by atoms with Gasteiger partial charge in [-0.15, -0.1) is 11.3 Å². The molecule has 19 heavy (non-hydrogen) atoms. The third-order valence-corrected chi connectivity index (χ3v) is 4.15. The average molecular weight is 279 g/mol. The first kappa shape index (κ1) is 14.1. The summed E-state index contributed by atoms with van der Waals surface area (Å²) < 4.78 is 13.3. The van der Waals surface area contributed by atoms with E-state index in [9.17, 15) is 4.39 Å². The van der Waals surface area contributed by atoms with Crippen molar-refractivity contribution in [1.82, 2.24) is 9.88 Å². The normalized spacial score (nSPS) is 12.9. The Kier molecular flexibility index (Phi) is 4.63. The van der Waals surface area contributed by atoms with Gasteiger partial charge >= 0.3 is 0 Å². The highest BCUT2D eigenvalue weighted by Crippen LogP contribution is 2.23. The smallest absolute Gasteiger partial charge is 0.123 e. The van der Waals surface area contributed by atoms with E-state index in [2.05, 4.69) is 9.88 Å². The van der Waals surface area contributed by atoms with E-state index in [1.54, 1.807) is 23.5 Å². The summed E-state index contributed by atoms with van der Waals surface area (Å²) in [7, 11) is 2.00. The first-order valence-corrected chi connectivity index (χ1v) is 7.04. The Morgan fingerprint density at radius 1 is 1.47 bits per heavy atom. The summed E-state index contributed by atoms with van der Waals surface area (Å²) >= 11 is 1.64. The van der Waals surface area contributed by atoms with Gasteiger partial charge in [-0.05, 0) is 31.7 Å². The lowest BCUT2D eigenvalue weighted by atomic mass is 10.1. The molecule has 0 amide bonds. The van der Waals surface area contributed by atoms with E-state index in [1.807, 2.05) is 25.5 Å². The van der Waals surface area contributed by atoms with Gasteiger partial charge in [0.15, 0.2) is 0 Å². The second-order valence-electron chi connectivity index (χ2n) is 4.58. The van der Waals surface area contributed by atoms with Crippen LogP contribution in [0, 0.1) is 12.7 Å². The van der Waals surface area contributed by atoms with Gasteiger partial charge in [0.25, 0.3) is 0 Å². The van der Waals surface area contributed by atoms with Crippen LogP contribution in [0.3, 0.4) is 0 Å². The number of halogens is 1. The Morgan fingerprint density at radius 2 is 2.26 bits per heavy atom. The van der Waals surface area contributed by atoms with Crippen molar-refractivity contribution in [3.63, 3.8) is 0 Å². The Balaban J connectivity index is 2.15. The van der Waals surface area contributed by atoms with E-state index in [0.29, 0.717) is 6.54 Å². The molecule has 0 bridgehead atoms. The summed E-state index contributed by atoms with van der Waals surface area (Å²) in [4.78, 5) is 7.60. The van der Waals surface area contributed by atoms with E-state index >= 15 is 0 Å². The number of aryl methyl sites for hydroxylation is 1. The van der Waals surface area contributed by atoms with Crippen molar-refractivity contribution in [2.24, 2.45) is 5.73 Å². The van der Waals surface area contributed by atoms with E-state index in [4.69, 9.17) is 5.73 Å². The van der Waals surface area contributed by atoms with Crippen LogP contribution in [0.25, 0.3) is 0 Å². The average Bonchev–Trinajstić information content (AvgIpc) is 2.76. The van der Waals surface area contributed by atoms with Crippen LogP contribution in [0.5, 0.6) is 0 Å². The molecular formula is C14H18FN3S. The summed E-state index contributed by atoms with van der Waals surface area (Å²) in [6.45, 7) is 3.23. The third kappa shape index (κ3) is 3.37. The summed E-state index contributed by atoms with van der Waals surface area (Å²) in [5, 5.41) is 0. The SMILES string of the molecule is Cc1ncsc1CN(C)C(CN)c1cccc(F)c1. The fourth-order valence-corrected chi connectivity index (χ4v) is 2.94. The Hall–Kier alpha value is -1.30. The second-order valence-corrected chi connectivity index (χ2v) is 5.52. The lowest BCUT2D eigenvalue weighted by Gasteiger charge is -2.27. The predicted octanol–water partition coefficient (Wildman–Crippen LogP) is 2.72. The van der Waals surface area contributed by atoms with E-state index < -0.39 is 0 Å². The zero-order chi connectivity index (χ0) is 13.8. The van der Waals surface area contributed by atoms with Gasteiger partial charge in [-0.2, -0.15) is 0 Å². The van der Waals surface area contributed by atoms with Crippen LogP contribution >= 0.6 is 11.3 Å². The molecule has 1 heterocycles. The molecular weight excluding hydrogens is 261 g/mol. The van der Waals surface area contributed by atoms with Gasteiger partial charge in [0.05, 0.1) is 11.2 Å². The topological polar surface area (TPSA) is 42.2 Å². The molecule has 1 aromatic heterocycles. The molecule has 0 fully saturated rings. The monoisotopic (exact) mass is 279 g/mol. The summed E-state index contributed by atoms with van der Waals surface area (Å²) in [5.41, 5.74) is 9.65. The van der Waals surface area contributed by atoms with Gasteiger partial charge < -0.3 is 5.73 Å². The number of aromatic nitrogens is 1. The maximum Gasteiger partial charge on any atom is 0.123 e. The first-order valence-electron chi connectivity index (χ1n) is 6.16. The van der Waals surface area contributed by atoms with Gasteiger partial charge in [-0.25, -0.2) is 9.37 Å². The largest absolute Gasteiger partial charge is 0.329 e. The van der Waals surface area contributed by atoms with E-state index in [1.165, 1.54) is 10.9 Å². The number of benzene rings is 1. The van der Waals surface area contributed by atoms with E-state index in [0.717, 1.165) is 17.8 Å². The van der Waals surface area contributed by atoms with Crippen molar-refractivity contribution < 1.29 is 4.39 Å². The minimum absolute atomic E-state index is 0.0113. The highest BCUT2D eigenvalue weighted by atomic mass is 32.1. The summed E-state index contributed by atoms with van der Waals surface area (Å²) in [5.74, 6) is -0.224. The van der Waals surface area contributed by atoms with Crippen LogP contribution in [-0.4, -0.2) is 23.5 Å². The molecule has 2 aromatic rings. The maximum atomic E-state index is 13.3. The highest BCUT2D eigenvalue weighted by Gasteiger charge is 2.17. The number of nitrogens with two attached hydrogens (primary N) is 1. The second kappa shape index (κ2) is 6.23. The molecule has 102 valence electrons. The van der Waals surface area contributed by atoms with Crippen molar-refractivity contribution in [2.45, 2.75) is 19.5 Å². The van der Waals surface area contributed by atoms with Crippen LogP contribution in [0.2, 0.25) is 0 Å². The first-order chi connectivity index (χ1) is 9.11. The zero-order valence-electron chi connectivity index (χ0n) is 11.1. The molecule has 0 aliphatic carbocycles. The molecule has 1 atom stereocenters. The standard InChI is InChI=1S/C14H18FN3S/c1-10-14(19-9-17-10)8-18(2)13(7-16)11-4-3-5-12(15)6-11/h3-6,9,13H,7-8,16H2,1-2H3. The minimum atomic E-state index is -0.224. The molecule has 5 heteroatoms. The summed E-state index contributed by atoms with van der Waals surface area (Å²) in [6.07, 6.45) is 0. The van der Waals surface area contributed by atoms with Crippen LogP contribution in [0.1, 0.15) is 22.2 Å². The van der Waals surface area contributed by atoms with Gasteiger partial charge in [0.2, 0.25) is 0 Å². The lowest BCUT2D eigenvalue weighted by Crippen LogP contribution is -2.30. The molecule has 0 spiro atoms. The molecule has 2 rings (SSSR count). The van der Waals surface area contributed by atoms with Crippen LogP contribution in [-0.2, 0) is 6.54 Å². The highest BCUT2D eigenvalue weighted by molar-refractivity contribution is 7.09. The van der Waals surface area contributed by atoms with Crippen molar-refractivity contribution in [1.29, 1.82) is 0 Å². The Bertz CT molecular complexity index is 541. The van der Waals surface area contributed by atoms with Crippen LogP contribution in [0.4, 0.5) is 4.39 Å². The van der Waals surface area contributed by atoms with Crippen molar-refractivity contribution >= 4 is 11.3 Å². The fourth-order valence-electron chi connectivity index (χ4n) is 2.10. The predicted molar refractivity (Wildman–Crippen MR) is 76.5 cm³/mol. The molecule has 0 radical (unpaired) electrons. The Labute approximate surface area is 116 Å². The van der Waals surface area contributed by atoms with Gasteiger partial charge in [-0.1, -0.05) is 12.1 Å². The van der Waals surface area contributed by atoms with Crippen LogP contribution < -0.4 is 5.73 Å². The molecule has 2 N–H and O–H groups in total.